The molecule has 3 heterocycles. The van der Waals surface area contributed by atoms with E-state index in [1.165, 1.54) is 24.8 Å². The number of likely N-dealkylation sites (tertiary alicyclic amines) is 1. The topological polar surface area (TPSA) is 21.1 Å². The van der Waals surface area contributed by atoms with Crippen molar-refractivity contribution in [2.45, 2.75) is 51.6 Å². The summed E-state index contributed by atoms with van der Waals surface area (Å²) in [5.74, 6) is 1.72. The summed E-state index contributed by atoms with van der Waals surface area (Å²) < 4.78 is 16.3. The number of benzene rings is 2. The average molecular weight is 378 g/mol. The fourth-order valence-corrected chi connectivity index (χ4v) is 5.09. The van der Waals surface area contributed by atoms with Crippen LogP contribution in [-0.4, -0.2) is 27.5 Å². The highest BCUT2D eigenvalue weighted by Crippen LogP contribution is 2.34. The zero-order valence-corrected chi connectivity index (χ0v) is 16.6. The molecule has 0 saturated carbocycles. The van der Waals surface area contributed by atoms with Gasteiger partial charge in [0.2, 0.25) is 0 Å². The Morgan fingerprint density at radius 2 is 1.86 bits per heavy atom. The van der Waals surface area contributed by atoms with Gasteiger partial charge in [-0.25, -0.2) is 9.37 Å². The summed E-state index contributed by atoms with van der Waals surface area (Å²) in [6.45, 7) is 5.38. The minimum absolute atomic E-state index is 0.157. The molecule has 5 rings (SSSR count). The predicted octanol–water partition coefficient (Wildman–Crippen LogP) is 5.14. The van der Waals surface area contributed by atoms with Crippen LogP contribution in [0.3, 0.4) is 0 Å². The minimum Gasteiger partial charge on any atom is -0.324 e. The van der Waals surface area contributed by atoms with Gasteiger partial charge >= 0.3 is 0 Å². The molecule has 0 N–H and O–H groups in total. The van der Waals surface area contributed by atoms with Crippen LogP contribution in [-0.2, 0) is 19.4 Å². The first-order valence-electron chi connectivity index (χ1n) is 10.6. The van der Waals surface area contributed by atoms with Crippen LogP contribution in [0.4, 0.5) is 4.39 Å². The van der Waals surface area contributed by atoms with E-state index in [4.69, 9.17) is 4.98 Å². The Labute approximate surface area is 166 Å². The minimum atomic E-state index is -0.157. The van der Waals surface area contributed by atoms with Gasteiger partial charge in [-0.05, 0) is 75.2 Å². The fourth-order valence-electron chi connectivity index (χ4n) is 5.09. The van der Waals surface area contributed by atoms with E-state index in [9.17, 15) is 4.39 Å². The van der Waals surface area contributed by atoms with Crippen LogP contribution in [0.5, 0.6) is 0 Å². The first kappa shape index (κ1) is 17.9. The Kier molecular flexibility index (Phi) is 4.67. The molecule has 1 saturated heterocycles. The van der Waals surface area contributed by atoms with Gasteiger partial charge in [0.05, 0.1) is 17.6 Å². The van der Waals surface area contributed by atoms with Gasteiger partial charge in [0.1, 0.15) is 11.6 Å². The lowest BCUT2D eigenvalue weighted by atomic mass is 9.90. The van der Waals surface area contributed by atoms with Crippen LogP contribution in [0.2, 0.25) is 0 Å². The van der Waals surface area contributed by atoms with E-state index in [0.717, 1.165) is 60.8 Å². The van der Waals surface area contributed by atoms with E-state index in [1.54, 1.807) is 12.1 Å². The monoisotopic (exact) mass is 377 g/mol. The van der Waals surface area contributed by atoms with E-state index in [1.807, 2.05) is 0 Å². The lowest BCUT2D eigenvalue weighted by Crippen LogP contribution is -2.35. The Morgan fingerprint density at radius 1 is 1.07 bits per heavy atom. The second-order valence-electron chi connectivity index (χ2n) is 8.63. The number of hydrogen-bond acceptors (Lipinski definition) is 2. The Bertz CT molecular complexity index is 970. The Morgan fingerprint density at radius 3 is 2.64 bits per heavy atom. The maximum atomic E-state index is 14.0. The number of imidazole rings is 1. The fraction of sp³-hybridized carbons (Fsp3) is 0.458. The smallest absolute Gasteiger partial charge is 0.125 e. The molecular formula is C24H28FN3. The van der Waals surface area contributed by atoms with Crippen molar-refractivity contribution in [1.82, 2.24) is 14.5 Å². The summed E-state index contributed by atoms with van der Waals surface area (Å²) in [5, 5.41) is 0. The Hall–Kier alpha value is -2.20. The third kappa shape index (κ3) is 3.35. The van der Waals surface area contributed by atoms with Gasteiger partial charge in [0.15, 0.2) is 0 Å². The number of aryl methyl sites for hydroxylation is 1. The summed E-state index contributed by atoms with van der Waals surface area (Å²) in [6, 6.07) is 14.6. The van der Waals surface area contributed by atoms with Gasteiger partial charge < -0.3 is 4.57 Å². The van der Waals surface area contributed by atoms with Gasteiger partial charge in [-0.2, -0.15) is 0 Å². The zero-order valence-electron chi connectivity index (χ0n) is 16.6. The Balaban J connectivity index is 1.31. The van der Waals surface area contributed by atoms with Gasteiger partial charge in [-0.1, -0.05) is 30.3 Å². The predicted molar refractivity (Wildman–Crippen MR) is 111 cm³/mol. The molecule has 0 bridgehead atoms. The third-order valence-corrected chi connectivity index (χ3v) is 6.61. The molecule has 1 aromatic heterocycles. The molecule has 4 heteroatoms. The number of aromatic nitrogens is 2. The normalized spacial score (nSPS) is 20.7. The van der Waals surface area contributed by atoms with Crippen molar-refractivity contribution < 1.29 is 4.39 Å². The first-order chi connectivity index (χ1) is 13.7. The number of hydrogen-bond donors (Lipinski definition) is 0. The number of piperidine rings is 1. The van der Waals surface area contributed by atoms with Crippen molar-refractivity contribution in [3.8, 4) is 0 Å². The van der Waals surface area contributed by atoms with Crippen molar-refractivity contribution >= 4 is 11.0 Å². The molecular weight excluding hydrogens is 349 g/mol. The molecule has 0 spiro atoms. The molecule has 1 unspecified atom stereocenters. The molecule has 2 aliphatic heterocycles. The van der Waals surface area contributed by atoms with Crippen LogP contribution >= 0.6 is 0 Å². The number of nitrogens with zero attached hydrogens (tertiary/aromatic N) is 3. The van der Waals surface area contributed by atoms with Crippen LogP contribution in [0.25, 0.3) is 11.0 Å². The standard InChI is InChI=1S/C24H28FN3/c1-17-7-8-20-14-21(25)15-22-24(20)28(17)23(26-22)16-27-11-9-19(10-12-27)13-18-5-3-2-4-6-18/h2-6,14-15,17,19H,7-13,16H2,1H3. The van der Waals surface area contributed by atoms with Crippen molar-refractivity contribution in [2.24, 2.45) is 5.92 Å². The summed E-state index contributed by atoms with van der Waals surface area (Å²) in [5.41, 5.74) is 4.56. The highest BCUT2D eigenvalue weighted by molar-refractivity contribution is 5.80. The lowest BCUT2D eigenvalue weighted by Gasteiger charge is -2.32. The van der Waals surface area contributed by atoms with Crippen molar-refractivity contribution in [1.29, 1.82) is 0 Å². The molecule has 0 amide bonds. The van der Waals surface area contributed by atoms with E-state index < -0.39 is 0 Å². The number of rotatable bonds is 4. The summed E-state index contributed by atoms with van der Waals surface area (Å²) in [6.07, 6.45) is 5.68. The largest absolute Gasteiger partial charge is 0.324 e. The lowest BCUT2D eigenvalue weighted by molar-refractivity contribution is 0.170. The van der Waals surface area contributed by atoms with Crippen molar-refractivity contribution in [2.75, 3.05) is 13.1 Å². The molecule has 0 aliphatic carbocycles. The van der Waals surface area contributed by atoms with Crippen LogP contribution in [0.1, 0.15) is 49.2 Å². The zero-order chi connectivity index (χ0) is 19.1. The maximum absolute atomic E-state index is 14.0. The SMILES string of the molecule is CC1CCc2cc(F)cc3nc(CN4CCC(Cc5ccccc5)CC4)n1c23. The highest BCUT2D eigenvalue weighted by atomic mass is 19.1. The molecule has 1 fully saturated rings. The van der Waals surface area contributed by atoms with Crippen LogP contribution in [0, 0.1) is 11.7 Å². The van der Waals surface area contributed by atoms with Crippen LogP contribution < -0.4 is 0 Å². The second kappa shape index (κ2) is 7.32. The molecule has 2 aliphatic rings. The summed E-state index contributed by atoms with van der Waals surface area (Å²) >= 11 is 0. The van der Waals surface area contributed by atoms with E-state index in [-0.39, 0.29) is 5.82 Å². The second-order valence-corrected chi connectivity index (χ2v) is 8.63. The van der Waals surface area contributed by atoms with E-state index in [0.29, 0.717) is 6.04 Å². The van der Waals surface area contributed by atoms with Gasteiger partial charge in [-0.3, -0.25) is 4.90 Å². The third-order valence-electron chi connectivity index (χ3n) is 6.61. The molecule has 1 atom stereocenters. The quantitative estimate of drug-likeness (QED) is 0.628. The first-order valence-corrected chi connectivity index (χ1v) is 10.6. The maximum Gasteiger partial charge on any atom is 0.125 e. The molecule has 28 heavy (non-hydrogen) atoms. The highest BCUT2D eigenvalue weighted by Gasteiger charge is 2.26. The molecule has 3 nitrogen and oxygen atoms in total. The van der Waals surface area contributed by atoms with Crippen molar-refractivity contribution in [3.05, 3.63) is 65.2 Å². The number of halogens is 1. The molecule has 3 aromatic rings. The summed E-state index contributed by atoms with van der Waals surface area (Å²) in [7, 11) is 0. The van der Waals surface area contributed by atoms with E-state index >= 15 is 0 Å². The van der Waals surface area contributed by atoms with Gasteiger partial charge in [0.25, 0.3) is 0 Å². The van der Waals surface area contributed by atoms with Gasteiger partial charge in [-0.15, -0.1) is 0 Å². The van der Waals surface area contributed by atoms with E-state index in [2.05, 4.69) is 46.7 Å². The summed E-state index contributed by atoms with van der Waals surface area (Å²) in [4.78, 5) is 7.39. The molecule has 2 aromatic carbocycles. The van der Waals surface area contributed by atoms with Crippen molar-refractivity contribution in [3.63, 3.8) is 0 Å². The van der Waals surface area contributed by atoms with Crippen LogP contribution in [0.15, 0.2) is 42.5 Å². The average Bonchev–Trinajstić information content (AvgIpc) is 3.06. The molecule has 146 valence electrons. The van der Waals surface area contributed by atoms with Gasteiger partial charge in [0, 0.05) is 12.1 Å². The molecule has 0 radical (unpaired) electrons.